The minimum atomic E-state index is -1.10. The molecule has 0 aliphatic carbocycles. The van der Waals surface area contributed by atoms with Gasteiger partial charge in [-0.1, -0.05) is 12.1 Å². The van der Waals surface area contributed by atoms with E-state index in [0.717, 1.165) is 18.4 Å². The zero-order chi connectivity index (χ0) is 11.9. The summed E-state index contributed by atoms with van der Waals surface area (Å²) < 4.78 is 27.6. The van der Waals surface area contributed by atoms with E-state index in [1.165, 1.54) is 12.1 Å². The Balaban J connectivity index is 1.73. The summed E-state index contributed by atoms with van der Waals surface area (Å²) >= 11 is 0. The molecule has 1 aromatic carbocycles. The molecule has 92 valence electrons. The number of fused-ring (bicyclic) bond motifs is 2. The van der Waals surface area contributed by atoms with Gasteiger partial charge in [0.05, 0.1) is 0 Å². The van der Waals surface area contributed by atoms with Crippen LogP contribution in [0.1, 0.15) is 31.2 Å². The van der Waals surface area contributed by atoms with Gasteiger partial charge in [-0.2, -0.15) is 0 Å². The number of benzene rings is 1. The Hall–Kier alpha value is -0.960. The number of hydrogen-bond donors (Lipinski definition) is 1. The van der Waals surface area contributed by atoms with Gasteiger partial charge in [-0.05, 0) is 43.4 Å². The van der Waals surface area contributed by atoms with Gasteiger partial charge < -0.3 is 5.32 Å². The van der Waals surface area contributed by atoms with Crippen LogP contribution in [0.25, 0.3) is 0 Å². The lowest BCUT2D eigenvalue weighted by Gasteiger charge is -2.35. The quantitative estimate of drug-likeness (QED) is 0.833. The van der Waals surface area contributed by atoms with Crippen molar-refractivity contribution >= 4 is 0 Å². The molecule has 17 heavy (non-hydrogen) atoms. The van der Waals surface area contributed by atoms with Crippen molar-refractivity contribution in [3.8, 4) is 0 Å². The summed E-state index contributed by atoms with van der Waals surface area (Å²) in [6, 6.07) is 6.91. The highest BCUT2D eigenvalue weighted by atomic mass is 19.1. The molecular formula is C14H17F2N. The van der Waals surface area contributed by atoms with Gasteiger partial charge in [0.1, 0.15) is 11.5 Å². The van der Waals surface area contributed by atoms with E-state index < -0.39 is 5.67 Å². The second kappa shape index (κ2) is 4.05. The van der Waals surface area contributed by atoms with E-state index in [1.54, 1.807) is 12.1 Å². The van der Waals surface area contributed by atoms with Crippen LogP contribution < -0.4 is 5.32 Å². The Morgan fingerprint density at radius 1 is 1.12 bits per heavy atom. The fraction of sp³-hybridized carbons (Fsp3) is 0.571. The molecule has 2 unspecified atom stereocenters. The first kappa shape index (κ1) is 11.1. The van der Waals surface area contributed by atoms with Crippen LogP contribution in [0, 0.1) is 5.82 Å². The van der Waals surface area contributed by atoms with E-state index in [0.29, 0.717) is 31.3 Å². The van der Waals surface area contributed by atoms with Gasteiger partial charge in [-0.15, -0.1) is 0 Å². The lowest BCUT2D eigenvalue weighted by molar-refractivity contribution is 0.0893. The van der Waals surface area contributed by atoms with Crippen LogP contribution in [0.2, 0.25) is 0 Å². The molecule has 2 heterocycles. The molecule has 2 fully saturated rings. The Morgan fingerprint density at radius 3 is 2.29 bits per heavy atom. The smallest absolute Gasteiger partial charge is 0.123 e. The van der Waals surface area contributed by atoms with E-state index >= 15 is 0 Å². The lowest BCUT2D eigenvalue weighted by atomic mass is 9.84. The van der Waals surface area contributed by atoms with Crippen molar-refractivity contribution in [2.24, 2.45) is 0 Å². The molecule has 2 aliphatic rings. The third-order valence-corrected chi connectivity index (χ3v) is 3.99. The summed E-state index contributed by atoms with van der Waals surface area (Å²) in [5.74, 6) is -0.257. The molecule has 0 radical (unpaired) electrons. The predicted molar refractivity (Wildman–Crippen MR) is 63.1 cm³/mol. The summed E-state index contributed by atoms with van der Waals surface area (Å²) in [6.07, 6.45) is 3.81. The van der Waals surface area contributed by atoms with Crippen LogP contribution >= 0.6 is 0 Å². The van der Waals surface area contributed by atoms with Gasteiger partial charge in [-0.25, -0.2) is 8.78 Å². The summed E-state index contributed by atoms with van der Waals surface area (Å²) in [6.45, 7) is 0. The van der Waals surface area contributed by atoms with E-state index in [2.05, 4.69) is 5.32 Å². The standard InChI is InChI=1S/C14H17F2N/c15-11-3-1-10(2-4-11)7-14(16)8-12-5-6-13(9-14)17-12/h1-4,12-13,17H,5-9H2. The highest BCUT2D eigenvalue weighted by Gasteiger charge is 2.43. The number of nitrogens with one attached hydrogen (secondary N) is 1. The summed E-state index contributed by atoms with van der Waals surface area (Å²) in [5.41, 5.74) is -0.204. The zero-order valence-corrected chi connectivity index (χ0v) is 9.76. The van der Waals surface area contributed by atoms with E-state index in [-0.39, 0.29) is 5.82 Å². The first-order valence-corrected chi connectivity index (χ1v) is 6.32. The van der Waals surface area contributed by atoms with Crippen molar-refractivity contribution in [1.29, 1.82) is 0 Å². The van der Waals surface area contributed by atoms with Crippen molar-refractivity contribution in [3.63, 3.8) is 0 Å². The third kappa shape index (κ3) is 2.34. The summed E-state index contributed by atoms with van der Waals surface area (Å²) in [7, 11) is 0. The fourth-order valence-electron chi connectivity index (χ4n) is 3.30. The maximum atomic E-state index is 14.8. The van der Waals surface area contributed by atoms with Crippen molar-refractivity contribution < 1.29 is 8.78 Å². The molecule has 3 heteroatoms. The molecule has 0 amide bonds. The molecular weight excluding hydrogens is 220 g/mol. The van der Waals surface area contributed by atoms with Crippen LogP contribution in [-0.4, -0.2) is 17.8 Å². The third-order valence-electron chi connectivity index (χ3n) is 3.99. The van der Waals surface area contributed by atoms with Crippen LogP contribution in [0.15, 0.2) is 24.3 Å². The number of rotatable bonds is 2. The average Bonchev–Trinajstić information content (AvgIpc) is 2.62. The SMILES string of the molecule is Fc1ccc(CC2(F)CC3CCC(C2)N3)cc1. The second-order valence-corrected chi connectivity index (χ2v) is 5.50. The van der Waals surface area contributed by atoms with Gasteiger partial charge in [-0.3, -0.25) is 0 Å². The largest absolute Gasteiger partial charge is 0.311 e. The van der Waals surface area contributed by atoms with Gasteiger partial charge in [0, 0.05) is 18.5 Å². The van der Waals surface area contributed by atoms with Crippen molar-refractivity contribution in [2.75, 3.05) is 0 Å². The summed E-state index contributed by atoms with van der Waals surface area (Å²) in [4.78, 5) is 0. The van der Waals surface area contributed by atoms with Crippen LogP contribution in [-0.2, 0) is 6.42 Å². The molecule has 2 saturated heterocycles. The average molecular weight is 237 g/mol. The molecule has 1 aromatic rings. The maximum Gasteiger partial charge on any atom is 0.123 e. The second-order valence-electron chi connectivity index (χ2n) is 5.50. The molecule has 0 spiro atoms. The zero-order valence-electron chi connectivity index (χ0n) is 9.76. The van der Waals surface area contributed by atoms with Gasteiger partial charge in [0.15, 0.2) is 0 Å². The molecule has 1 N–H and O–H groups in total. The topological polar surface area (TPSA) is 12.0 Å². The van der Waals surface area contributed by atoms with Crippen LogP contribution in [0.5, 0.6) is 0 Å². The summed E-state index contributed by atoms with van der Waals surface area (Å²) in [5, 5.41) is 3.44. The van der Waals surface area contributed by atoms with Crippen molar-refractivity contribution in [2.45, 2.75) is 49.9 Å². The number of alkyl halides is 1. The lowest BCUT2D eigenvalue weighted by Crippen LogP contribution is -2.47. The molecule has 2 atom stereocenters. The van der Waals surface area contributed by atoms with Crippen LogP contribution in [0.4, 0.5) is 8.78 Å². The Labute approximate surface area is 100 Å². The van der Waals surface area contributed by atoms with Gasteiger partial charge in [0.2, 0.25) is 0 Å². The van der Waals surface area contributed by atoms with E-state index in [4.69, 9.17) is 0 Å². The molecule has 1 nitrogen and oxygen atoms in total. The molecule has 0 aromatic heterocycles. The van der Waals surface area contributed by atoms with Gasteiger partial charge in [0.25, 0.3) is 0 Å². The van der Waals surface area contributed by atoms with Crippen molar-refractivity contribution in [1.82, 2.24) is 5.32 Å². The Bertz CT molecular complexity index is 389. The molecule has 3 rings (SSSR count). The van der Waals surface area contributed by atoms with Crippen molar-refractivity contribution in [3.05, 3.63) is 35.6 Å². The first-order chi connectivity index (χ1) is 8.13. The number of piperidine rings is 1. The minimum Gasteiger partial charge on any atom is -0.311 e. The monoisotopic (exact) mass is 237 g/mol. The van der Waals surface area contributed by atoms with E-state index in [9.17, 15) is 8.78 Å². The Kier molecular flexibility index (Phi) is 2.66. The molecule has 2 aliphatic heterocycles. The maximum absolute atomic E-state index is 14.8. The number of halogens is 2. The van der Waals surface area contributed by atoms with E-state index in [1.807, 2.05) is 0 Å². The normalized spacial score (nSPS) is 36.1. The van der Waals surface area contributed by atoms with Gasteiger partial charge >= 0.3 is 0 Å². The highest BCUT2D eigenvalue weighted by Crippen LogP contribution is 2.38. The minimum absolute atomic E-state index is 0.257. The Morgan fingerprint density at radius 2 is 1.71 bits per heavy atom. The highest BCUT2D eigenvalue weighted by molar-refractivity contribution is 5.19. The fourth-order valence-corrected chi connectivity index (χ4v) is 3.30. The van der Waals surface area contributed by atoms with Crippen LogP contribution in [0.3, 0.4) is 0 Å². The first-order valence-electron chi connectivity index (χ1n) is 6.32. The predicted octanol–water partition coefficient (Wildman–Crippen LogP) is 2.99. The molecule has 0 saturated carbocycles. The number of hydrogen-bond acceptors (Lipinski definition) is 1. The molecule has 2 bridgehead atoms.